The van der Waals surface area contributed by atoms with Gasteiger partial charge >= 0.3 is 0 Å². The van der Waals surface area contributed by atoms with Gasteiger partial charge in [-0.3, -0.25) is 0 Å². The Morgan fingerprint density at radius 2 is 2.40 bits per heavy atom. The van der Waals surface area contributed by atoms with E-state index in [1.165, 1.54) is 30.1 Å². The second kappa shape index (κ2) is 5.08. The van der Waals surface area contributed by atoms with Crippen LogP contribution in [0.1, 0.15) is 6.42 Å². The Labute approximate surface area is 98.4 Å². The number of hydrogen-bond acceptors (Lipinski definition) is 2. The van der Waals surface area contributed by atoms with E-state index in [0.717, 1.165) is 6.54 Å². The number of benzene rings is 1. The lowest BCUT2D eigenvalue weighted by Crippen LogP contribution is -2.13. The first-order valence-electron chi connectivity index (χ1n) is 5.02. The Bertz CT molecular complexity index is 339. The van der Waals surface area contributed by atoms with E-state index < -0.39 is 0 Å². The predicted octanol–water partition coefficient (Wildman–Crippen LogP) is 3.64. The van der Waals surface area contributed by atoms with Gasteiger partial charge < -0.3 is 5.32 Å². The molecule has 0 aromatic heterocycles. The zero-order valence-corrected chi connectivity index (χ0v) is 9.87. The molecule has 0 saturated carbocycles. The molecule has 1 heterocycles. The summed E-state index contributed by atoms with van der Waals surface area (Å²) in [4.78, 5) is 0. The largest absolute Gasteiger partial charge is 0.383 e. The number of rotatable bonds is 3. The second-order valence-electron chi connectivity index (χ2n) is 3.73. The van der Waals surface area contributed by atoms with Gasteiger partial charge in [-0.05, 0) is 42.0 Å². The summed E-state index contributed by atoms with van der Waals surface area (Å²) >= 11 is 7.92. The van der Waals surface area contributed by atoms with Gasteiger partial charge in [0, 0.05) is 6.54 Å². The van der Waals surface area contributed by atoms with Crippen LogP contribution < -0.4 is 5.32 Å². The molecule has 2 rings (SSSR count). The third-order valence-corrected chi connectivity index (χ3v) is 4.09. The minimum absolute atomic E-state index is 0.248. The van der Waals surface area contributed by atoms with Crippen molar-refractivity contribution in [3.8, 4) is 0 Å². The molecular weight excluding hydrogens is 233 g/mol. The summed E-state index contributed by atoms with van der Waals surface area (Å²) < 4.78 is 12.9. The fourth-order valence-electron chi connectivity index (χ4n) is 1.63. The molecule has 1 nitrogen and oxygen atoms in total. The number of hydrogen-bond donors (Lipinski definition) is 1. The van der Waals surface area contributed by atoms with E-state index in [0.29, 0.717) is 16.6 Å². The highest BCUT2D eigenvalue weighted by atomic mass is 35.5. The van der Waals surface area contributed by atoms with Crippen LogP contribution in [0.2, 0.25) is 5.02 Å². The first kappa shape index (κ1) is 11.1. The summed E-state index contributed by atoms with van der Waals surface area (Å²) in [5.74, 6) is 2.88. The van der Waals surface area contributed by atoms with Gasteiger partial charge in [0.05, 0.1) is 10.7 Å². The molecule has 1 aliphatic rings. The molecule has 0 bridgehead atoms. The van der Waals surface area contributed by atoms with Gasteiger partial charge in [-0.25, -0.2) is 4.39 Å². The van der Waals surface area contributed by atoms with Gasteiger partial charge in [0.15, 0.2) is 0 Å². The van der Waals surface area contributed by atoms with E-state index in [2.05, 4.69) is 5.32 Å². The van der Waals surface area contributed by atoms with Crippen molar-refractivity contribution in [2.24, 2.45) is 5.92 Å². The lowest BCUT2D eigenvalue weighted by atomic mass is 10.1. The van der Waals surface area contributed by atoms with Crippen LogP contribution in [0, 0.1) is 11.7 Å². The van der Waals surface area contributed by atoms with Crippen molar-refractivity contribution in [1.82, 2.24) is 0 Å². The van der Waals surface area contributed by atoms with Gasteiger partial charge in [-0.15, -0.1) is 0 Å². The van der Waals surface area contributed by atoms with Crippen LogP contribution in [-0.2, 0) is 0 Å². The first-order chi connectivity index (χ1) is 7.25. The van der Waals surface area contributed by atoms with Gasteiger partial charge in [0.25, 0.3) is 0 Å². The molecular formula is C11H13ClFNS. The molecule has 1 N–H and O–H groups in total. The van der Waals surface area contributed by atoms with Crippen LogP contribution in [0.15, 0.2) is 18.2 Å². The Hall–Kier alpha value is -0.410. The SMILES string of the molecule is Fc1ccc(Cl)c(NCC2CCSC2)c1. The average molecular weight is 246 g/mol. The zero-order valence-electron chi connectivity index (χ0n) is 8.30. The molecule has 15 heavy (non-hydrogen) atoms. The maximum atomic E-state index is 12.9. The quantitative estimate of drug-likeness (QED) is 0.873. The Morgan fingerprint density at radius 3 is 3.13 bits per heavy atom. The van der Waals surface area contributed by atoms with Crippen LogP contribution in [0.25, 0.3) is 0 Å². The Kier molecular flexibility index (Phi) is 3.76. The second-order valence-corrected chi connectivity index (χ2v) is 5.29. The van der Waals surface area contributed by atoms with Gasteiger partial charge in [0.1, 0.15) is 5.82 Å². The molecule has 1 atom stereocenters. The van der Waals surface area contributed by atoms with E-state index in [1.54, 1.807) is 6.07 Å². The van der Waals surface area contributed by atoms with Crippen LogP contribution >= 0.6 is 23.4 Å². The van der Waals surface area contributed by atoms with Crippen molar-refractivity contribution in [3.05, 3.63) is 29.0 Å². The predicted molar refractivity (Wildman–Crippen MR) is 65.3 cm³/mol. The summed E-state index contributed by atoms with van der Waals surface area (Å²) in [7, 11) is 0. The smallest absolute Gasteiger partial charge is 0.125 e. The van der Waals surface area contributed by atoms with E-state index in [9.17, 15) is 4.39 Å². The lowest BCUT2D eigenvalue weighted by molar-refractivity contribution is 0.622. The van der Waals surface area contributed by atoms with E-state index >= 15 is 0 Å². The minimum atomic E-state index is -0.248. The maximum absolute atomic E-state index is 12.9. The third kappa shape index (κ3) is 3.02. The van der Waals surface area contributed by atoms with E-state index in [4.69, 9.17) is 11.6 Å². The molecule has 82 valence electrons. The molecule has 0 aliphatic carbocycles. The summed E-state index contributed by atoms with van der Waals surface area (Å²) in [5, 5.41) is 3.80. The topological polar surface area (TPSA) is 12.0 Å². The van der Waals surface area contributed by atoms with Crippen molar-refractivity contribution >= 4 is 29.1 Å². The third-order valence-electron chi connectivity index (χ3n) is 2.53. The molecule has 1 aromatic carbocycles. The van der Waals surface area contributed by atoms with Crippen molar-refractivity contribution in [1.29, 1.82) is 0 Å². The molecule has 0 amide bonds. The summed E-state index contributed by atoms with van der Waals surface area (Å²) in [6.45, 7) is 0.885. The fraction of sp³-hybridized carbons (Fsp3) is 0.455. The number of nitrogens with one attached hydrogen (secondary N) is 1. The van der Waals surface area contributed by atoms with Gasteiger partial charge in [-0.1, -0.05) is 11.6 Å². The Balaban J connectivity index is 1.94. The highest BCUT2D eigenvalue weighted by Crippen LogP contribution is 2.26. The molecule has 4 heteroatoms. The van der Waals surface area contributed by atoms with E-state index in [1.807, 2.05) is 11.8 Å². The van der Waals surface area contributed by atoms with Crippen molar-refractivity contribution in [2.45, 2.75) is 6.42 Å². The van der Waals surface area contributed by atoms with Gasteiger partial charge in [0.2, 0.25) is 0 Å². The van der Waals surface area contributed by atoms with Crippen LogP contribution in [0.4, 0.5) is 10.1 Å². The highest BCUT2D eigenvalue weighted by Gasteiger charge is 2.15. The molecule has 1 fully saturated rings. The molecule has 1 aliphatic heterocycles. The number of anilines is 1. The maximum Gasteiger partial charge on any atom is 0.125 e. The van der Waals surface area contributed by atoms with Crippen molar-refractivity contribution in [3.63, 3.8) is 0 Å². The normalized spacial score (nSPS) is 20.5. The van der Waals surface area contributed by atoms with E-state index in [-0.39, 0.29) is 5.82 Å². The van der Waals surface area contributed by atoms with Crippen LogP contribution in [0.3, 0.4) is 0 Å². The first-order valence-corrected chi connectivity index (χ1v) is 6.55. The molecule has 0 spiro atoms. The minimum Gasteiger partial charge on any atom is -0.383 e. The molecule has 1 aromatic rings. The summed E-state index contributed by atoms with van der Waals surface area (Å²) in [6.07, 6.45) is 1.24. The summed E-state index contributed by atoms with van der Waals surface area (Å²) in [6, 6.07) is 4.41. The van der Waals surface area contributed by atoms with Crippen molar-refractivity contribution in [2.75, 3.05) is 23.4 Å². The number of thioether (sulfide) groups is 1. The van der Waals surface area contributed by atoms with Crippen LogP contribution in [0.5, 0.6) is 0 Å². The highest BCUT2D eigenvalue weighted by molar-refractivity contribution is 7.99. The zero-order chi connectivity index (χ0) is 10.7. The van der Waals surface area contributed by atoms with Gasteiger partial charge in [-0.2, -0.15) is 11.8 Å². The van der Waals surface area contributed by atoms with Crippen LogP contribution in [-0.4, -0.2) is 18.1 Å². The number of halogens is 2. The molecule has 1 saturated heterocycles. The standard InChI is InChI=1S/C11H13ClFNS/c12-10-2-1-9(13)5-11(10)14-6-8-3-4-15-7-8/h1-2,5,8,14H,3-4,6-7H2. The lowest BCUT2D eigenvalue weighted by Gasteiger charge is -2.12. The Morgan fingerprint density at radius 1 is 1.53 bits per heavy atom. The summed E-state index contributed by atoms with van der Waals surface area (Å²) in [5.41, 5.74) is 0.702. The molecule has 0 radical (unpaired) electrons. The van der Waals surface area contributed by atoms with Crippen molar-refractivity contribution < 1.29 is 4.39 Å². The monoisotopic (exact) mass is 245 g/mol. The average Bonchev–Trinajstić information content (AvgIpc) is 2.72. The molecule has 1 unspecified atom stereocenters. The fourth-order valence-corrected chi connectivity index (χ4v) is 3.10.